The van der Waals surface area contributed by atoms with Gasteiger partial charge in [0.2, 0.25) is 5.91 Å². The number of hydrogen-bond acceptors (Lipinski definition) is 4. The molecule has 0 atom stereocenters. The molecule has 0 radical (unpaired) electrons. The van der Waals surface area contributed by atoms with Gasteiger partial charge in [0.05, 0.1) is 12.1 Å². The zero-order chi connectivity index (χ0) is 14.9. The Morgan fingerprint density at radius 2 is 2.10 bits per heavy atom. The second-order valence-electron chi connectivity index (χ2n) is 4.78. The highest BCUT2D eigenvalue weighted by molar-refractivity contribution is 5.78. The van der Waals surface area contributed by atoms with Crippen molar-refractivity contribution in [2.24, 2.45) is 0 Å². The molecule has 1 N–H and O–H groups in total. The predicted octanol–water partition coefficient (Wildman–Crippen LogP) is 2.43. The maximum atomic E-state index is 11.8. The van der Waals surface area contributed by atoms with Gasteiger partial charge in [0.15, 0.2) is 5.76 Å². The van der Waals surface area contributed by atoms with Crippen LogP contribution in [0.3, 0.4) is 0 Å². The van der Waals surface area contributed by atoms with Gasteiger partial charge in [-0.05, 0) is 12.8 Å². The van der Waals surface area contributed by atoms with Crippen molar-refractivity contribution in [2.45, 2.75) is 19.3 Å². The SMILES string of the molecule is COCCCCNC(=O)Cc1cc(-c2ccccc2)on1. The lowest BCUT2D eigenvalue weighted by atomic mass is 10.1. The van der Waals surface area contributed by atoms with Crippen LogP contribution >= 0.6 is 0 Å². The van der Waals surface area contributed by atoms with Gasteiger partial charge in [-0.1, -0.05) is 35.5 Å². The lowest BCUT2D eigenvalue weighted by Gasteiger charge is -2.03. The first-order valence-electron chi connectivity index (χ1n) is 7.06. The van der Waals surface area contributed by atoms with E-state index in [-0.39, 0.29) is 12.3 Å². The summed E-state index contributed by atoms with van der Waals surface area (Å²) < 4.78 is 10.2. The van der Waals surface area contributed by atoms with E-state index in [1.165, 1.54) is 0 Å². The second-order valence-corrected chi connectivity index (χ2v) is 4.78. The number of ether oxygens (including phenoxy) is 1. The van der Waals surface area contributed by atoms with Crippen LogP contribution in [-0.2, 0) is 16.0 Å². The summed E-state index contributed by atoms with van der Waals surface area (Å²) in [5, 5.41) is 6.80. The van der Waals surface area contributed by atoms with E-state index in [1.54, 1.807) is 13.2 Å². The summed E-state index contributed by atoms with van der Waals surface area (Å²) >= 11 is 0. The average Bonchev–Trinajstić information content (AvgIpc) is 2.96. The van der Waals surface area contributed by atoms with Gasteiger partial charge >= 0.3 is 0 Å². The van der Waals surface area contributed by atoms with E-state index in [4.69, 9.17) is 9.26 Å². The molecule has 2 aromatic rings. The highest BCUT2D eigenvalue weighted by atomic mass is 16.5. The first-order chi connectivity index (χ1) is 10.3. The van der Waals surface area contributed by atoms with Gasteiger partial charge < -0.3 is 14.6 Å². The Morgan fingerprint density at radius 1 is 1.29 bits per heavy atom. The Labute approximate surface area is 124 Å². The molecule has 0 aliphatic rings. The number of nitrogens with zero attached hydrogens (tertiary/aromatic N) is 1. The summed E-state index contributed by atoms with van der Waals surface area (Å²) in [5.74, 6) is 0.638. The fourth-order valence-electron chi connectivity index (χ4n) is 1.96. The highest BCUT2D eigenvalue weighted by Gasteiger charge is 2.10. The Balaban J connectivity index is 1.78. The molecule has 0 unspecified atom stereocenters. The number of aromatic nitrogens is 1. The molecular formula is C16H20N2O3. The number of hydrogen-bond donors (Lipinski definition) is 1. The molecule has 0 aliphatic carbocycles. The molecule has 21 heavy (non-hydrogen) atoms. The van der Waals surface area contributed by atoms with Crippen LogP contribution in [0.5, 0.6) is 0 Å². The smallest absolute Gasteiger partial charge is 0.226 e. The van der Waals surface area contributed by atoms with E-state index < -0.39 is 0 Å². The zero-order valence-corrected chi connectivity index (χ0v) is 12.2. The van der Waals surface area contributed by atoms with Crippen LogP contribution in [-0.4, -0.2) is 31.3 Å². The van der Waals surface area contributed by atoms with E-state index in [1.807, 2.05) is 30.3 Å². The third kappa shape index (κ3) is 5.04. The molecule has 0 saturated heterocycles. The largest absolute Gasteiger partial charge is 0.385 e. The summed E-state index contributed by atoms with van der Waals surface area (Å²) in [6.07, 6.45) is 2.09. The van der Waals surface area contributed by atoms with Crippen molar-refractivity contribution in [3.05, 3.63) is 42.1 Å². The molecule has 1 heterocycles. The summed E-state index contributed by atoms with van der Waals surface area (Å²) in [6.45, 7) is 1.38. The summed E-state index contributed by atoms with van der Waals surface area (Å²) in [6, 6.07) is 11.5. The van der Waals surface area contributed by atoms with Gasteiger partial charge in [-0.15, -0.1) is 0 Å². The van der Waals surface area contributed by atoms with Gasteiger partial charge in [0, 0.05) is 31.9 Å². The lowest BCUT2D eigenvalue weighted by Crippen LogP contribution is -2.26. The molecule has 5 heteroatoms. The molecule has 1 amide bonds. The fraction of sp³-hybridized carbons (Fsp3) is 0.375. The van der Waals surface area contributed by atoms with Gasteiger partial charge in [-0.2, -0.15) is 0 Å². The highest BCUT2D eigenvalue weighted by Crippen LogP contribution is 2.19. The van der Waals surface area contributed by atoms with Crippen molar-refractivity contribution in [3.8, 4) is 11.3 Å². The van der Waals surface area contributed by atoms with Crippen molar-refractivity contribution in [2.75, 3.05) is 20.3 Å². The fourth-order valence-corrected chi connectivity index (χ4v) is 1.96. The average molecular weight is 288 g/mol. The van der Waals surface area contributed by atoms with Crippen LogP contribution in [0.2, 0.25) is 0 Å². The number of carbonyl (C=O) groups excluding carboxylic acids is 1. The van der Waals surface area contributed by atoms with Gasteiger partial charge in [-0.3, -0.25) is 4.79 Å². The summed E-state index contributed by atoms with van der Waals surface area (Å²) in [5.41, 5.74) is 1.60. The number of amides is 1. The van der Waals surface area contributed by atoms with Crippen molar-refractivity contribution in [1.29, 1.82) is 0 Å². The Bertz CT molecular complexity index is 552. The van der Waals surface area contributed by atoms with Gasteiger partial charge in [-0.25, -0.2) is 0 Å². The van der Waals surface area contributed by atoms with Crippen LogP contribution in [0.1, 0.15) is 18.5 Å². The zero-order valence-electron chi connectivity index (χ0n) is 12.2. The number of carbonyl (C=O) groups is 1. The maximum Gasteiger partial charge on any atom is 0.226 e. The normalized spacial score (nSPS) is 10.5. The number of rotatable bonds is 8. The van der Waals surface area contributed by atoms with Crippen molar-refractivity contribution >= 4 is 5.91 Å². The van der Waals surface area contributed by atoms with Crippen LogP contribution in [0.15, 0.2) is 40.9 Å². The van der Waals surface area contributed by atoms with E-state index in [9.17, 15) is 4.79 Å². The molecule has 112 valence electrons. The van der Waals surface area contributed by atoms with Crippen molar-refractivity contribution in [3.63, 3.8) is 0 Å². The Kier molecular flexibility index (Phi) is 5.97. The molecule has 2 rings (SSSR count). The molecule has 1 aromatic heterocycles. The van der Waals surface area contributed by atoms with Crippen molar-refractivity contribution < 1.29 is 14.1 Å². The minimum absolute atomic E-state index is 0.0414. The summed E-state index contributed by atoms with van der Waals surface area (Å²) in [4.78, 5) is 11.8. The molecule has 0 spiro atoms. The minimum atomic E-state index is -0.0414. The van der Waals surface area contributed by atoms with Crippen LogP contribution in [0.4, 0.5) is 0 Å². The standard InChI is InChI=1S/C16H20N2O3/c1-20-10-6-5-9-17-16(19)12-14-11-15(21-18-14)13-7-3-2-4-8-13/h2-4,7-8,11H,5-6,9-10,12H2,1H3,(H,17,19). The molecule has 0 bridgehead atoms. The molecular weight excluding hydrogens is 268 g/mol. The third-order valence-electron chi connectivity index (χ3n) is 3.06. The van der Waals surface area contributed by atoms with E-state index in [2.05, 4.69) is 10.5 Å². The number of nitrogens with one attached hydrogen (secondary N) is 1. The predicted molar refractivity (Wildman–Crippen MR) is 79.8 cm³/mol. The number of methoxy groups -OCH3 is 1. The van der Waals surface area contributed by atoms with Crippen LogP contribution in [0, 0.1) is 0 Å². The van der Waals surface area contributed by atoms with Gasteiger partial charge in [0.25, 0.3) is 0 Å². The van der Waals surface area contributed by atoms with E-state index in [0.717, 1.165) is 25.0 Å². The van der Waals surface area contributed by atoms with E-state index >= 15 is 0 Å². The lowest BCUT2D eigenvalue weighted by molar-refractivity contribution is -0.120. The maximum absolute atomic E-state index is 11.8. The molecule has 0 saturated carbocycles. The first-order valence-corrected chi connectivity index (χ1v) is 7.06. The van der Waals surface area contributed by atoms with E-state index in [0.29, 0.717) is 18.0 Å². The van der Waals surface area contributed by atoms with Gasteiger partial charge in [0.1, 0.15) is 0 Å². The number of unbranched alkanes of at least 4 members (excludes halogenated alkanes) is 1. The first kappa shape index (κ1) is 15.3. The molecule has 1 aromatic carbocycles. The van der Waals surface area contributed by atoms with Crippen LogP contribution < -0.4 is 5.32 Å². The molecule has 0 aliphatic heterocycles. The van der Waals surface area contributed by atoms with Crippen molar-refractivity contribution in [1.82, 2.24) is 10.5 Å². The number of benzene rings is 1. The Morgan fingerprint density at radius 3 is 2.86 bits per heavy atom. The Hall–Kier alpha value is -2.14. The molecule has 0 fully saturated rings. The monoisotopic (exact) mass is 288 g/mol. The topological polar surface area (TPSA) is 64.4 Å². The third-order valence-corrected chi connectivity index (χ3v) is 3.06. The second kappa shape index (κ2) is 8.21. The minimum Gasteiger partial charge on any atom is -0.385 e. The quantitative estimate of drug-likeness (QED) is 0.758. The summed E-state index contributed by atoms with van der Waals surface area (Å²) in [7, 11) is 1.67. The van der Waals surface area contributed by atoms with Crippen LogP contribution in [0.25, 0.3) is 11.3 Å². The molecule has 5 nitrogen and oxygen atoms in total.